The molecule has 0 bridgehead atoms. The first-order valence-corrected chi connectivity index (χ1v) is 9.56. The SMILES string of the molecule is CC(CCC1CCCCC1)Nc1ncc(S(N)(=O)=O)s1. The maximum atomic E-state index is 11.2. The number of sulfonamides is 1. The number of nitrogens with one attached hydrogen (secondary N) is 1. The molecule has 20 heavy (non-hydrogen) atoms. The summed E-state index contributed by atoms with van der Waals surface area (Å²) in [6.45, 7) is 2.11. The molecule has 7 heteroatoms. The molecule has 1 atom stereocenters. The number of primary sulfonamides is 1. The fraction of sp³-hybridized carbons (Fsp3) is 0.769. The van der Waals surface area contributed by atoms with Gasteiger partial charge >= 0.3 is 0 Å². The summed E-state index contributed by atoms with van der Waals surface area (Å²) in [7, 11) is -3.63. The zero-order valence-corrected chi connectivity index (χ0v) is 13.5. The van der Waals surface area contributed by atoms with E-state index in [9.17, 15) is 8.42 Å². The van der Waals surface area contributed by atoms with E-state index >= 15 is 0 Å². The molecule has 5 nitrogen and oxygen atoms in total. The van der Waals surface area contributed by atoms with Crippen molar-refractivity contribution in [3.05, 3.63) is 6.20 Å². The molecule has 0 aliphatic heterocycles. The standard InChI is InChI=1S/C13H23N3O2S2/c1-10(7-8-11-5-3-2-4-6-11)16-13-15-9-12(19-13)20(14,17)18/h9-11H,2-8H2,1H3,(H,15,16)(H2,14,17,18). The predicted molar refractivity (Wildman–Crippen MR) is 82.4 cm³/mol. The van der Waals surface area contributed by atoms with Gasteiger partial charge in [-0.15, -0.1) is 0 Å². The summed E-state index contributed by atoms with van der Waals surface area (Å²) in [5.74, 6) is 0.865. The van der Waals surface area contributed by atoms with Crippen LogP contribution in [0.5, 0.6) is 0 Å². The van der Waals surface area contributed by atoms with Gasteiger partial charge in [0.25, 0.3) is 0 Å². The van der Waals surface area contributed by atoms with E-state index in [-0.39, 0.29) is 4.21 Å². The fourth-order valence-corrected chi connectivity index (χ4v) is 4.26. The molecule has 0 radical (unpaired) electrons. The van der Waals surface area contributed by atoms with Crippen molar-refractivity contribution in [2.75, 3.05) is 5.32 Å². The molecule has 1 aromatic rings. The molecular formula is C13H23N3O2S2. The summed E-state index contributed by atoms with van der Waals surface area (Å²) in [6.07, 6.45) is 10.5. The maximum Gasteiger partial charge on any atom is 0.249 e. The topological polar surface area (TPSA) is 85.1 Å². The van der Waals surface area contributed by atoms with E-state index in [1.54, 1.807) is 0 Å². The number of rotatable bonds is 6. The normalized spacial score (nSPS) is 18.9. The molecule has 1 heterocycles. The lowest BCUT2D eigenvalue weighted by atomic mass is 9.85. The number of nitrogens with zero attached hydrogens (tertiary/aromatic N) is 1. The zero-order valence-electron chi connectivity index (χ0n) is 11.8. The van der Waals surface area contributed by atoms with Crippen LogP contribution in [0.3, 0.4) is 0 Å². The molecule has 114 valence electrons. The van der Waals surface area contributed by atoms with Crippen LogP contribution in [0.15, 0.2) is 10.4 Å². The van der Waals surface area contributed by atoms with Gasteiger partial charge in [-0.05, 0) is 25.7 Å². The molecule has 1 aliphatic carbocycles. The second kappa shape index (κ2) is 6.87. The van der Waals surface area contributed by atoms with Crippen LogP contribution >= 0.6 is 11.3 Å². The van der Waals surface area contributed by atoms with Crippen molar-refractivity contribution in [1.29, 1.82) is 0 Å². The summed E-state index contributed by atoms with van der Waals surface area (Å²) in [4.78, 5) is 4.07. The number of anilines is 1. The van der Waals surface area contributed by atoms with Crippen LogP contribution < -0.4 is 10.5 Å². The van der Waals surface area contributed by atoms with Crippen LogP contribution in [0.4, 0.5) is 5.13 Å². The number of thiazole rings is 1. The first-order valence-electron chi connectivity index (χ1n) is 7.20. The first kappa shape index (κ1) is 15.7. The Morgan fingerprint density at radius 3 is 2.75 bits per heavy atom. The van der Waals surface area contributed by atoms with E-state index in [1.807, 2.05) is 0 Å². The van der Waals surface area contributed by atoms with Crippen LogP contribution in [-0.4, -0.2) is 19.4 Å². The van der Waals surface area contributed by atoms with Crippen molar-refractivity contribution in [2.45, 2.75) is 62.1 Å². The van der Waals surface area contributed by atoms with Crippen molar-refractivity contribution in [3.8, 4) is 0 Å². The molecule has 1 aliphatic rings. The average Bonchev–Trinajstić information content (AvgIpc) is 2.86. The summed E-state index contributed by atoms with van der Waals surface area (Å²) >= 11 is 1.09. The van der Waals surface area contributed by atoms with E-state index in [1.165, 1.54) is 44.7 Å². The third-order valence-electron chi connectivity index (χ3n) is 3.87. The van der Waals surface area contributed by atoms with Crippen LogP contribution in [0, 0.1) is 5.92 Å². The largest absolute Gasteiger partial charge is 0.359 e. The van der Waals surface area contributed by atoms with Gasteiger partial charge in [-0.25, -0.2) is 18.5 Å². The maximum absolute atomic E-state index is 11.2. The summed E-state index contributed by atoms with van der Waals surface area (Å²) in [6, 6.07) is 0.302. The lowest BCUT2D eigenvalue weighted by Gasteiger charge is -2.23. The van der Waals surface area contributed by atoms with E-state index in [0.29, 0.717) is 11.2 Å². The van der Waals surface area contributed by atoms with Gasteiger partial charge in [0, 0.05) is 6.04 Å². The van der Waals surface area contributed by atoms with Crippen molar-refractivity contribution in [3.63, 3.8) is 0 Å². The second-order valence-corrected chi connectivity index (χ2v) is 8.48. The van der Waals surface area contributed by atoms with Crippen LogP contribution in [-0.2, 0) is 10.0 Å². The van der Waals surface area contributed by atoms with Crippen molar-refractivity contribution >= 4 is 26.5 Å². The van der Waals surface area contributed by atoms with Gasteiger partial charge < -0.3 is 5.32 Å². The van der Waals surface area contributed by atoms with Crippen LogP contribution in [0.25, 0.3) is 0 Å². The highest BCUT2D eigenvalue weighted by Gasteiger charge is 2.16. The van der Waals surface area contributed by atoms with Crippen molar-refractivity contribution < 1.29 is 8.42 Å². The molecule has 1 unspecified atom stereocenters. The van der Waals surface area contributed by atoms with Gasteiger partial charge in [-0.1, -0.05) is 43.4 Å². The minimum absolute atomic E-state index is 0.111. The molecular weight excluding hydrogens is 294 g/mol. The van der Waals surface area contributed by atoms with Gasteiger partial charge in [0.2, 0.25) is 10.0 Å². The summed E-state index contributed by atoms with van der Waals surface area (Å²) in [5, 5.41) is 8.96. The van der Waals surface area contributed by atoms with E-state index in [0.717, 1.165) is 23.7 Å². The number of hydrogen-bond donors (Lipinski definition) is 2. The van der Waals surface area contributed by atoms with E-state index in [4.69, 9.17) is 5.14 Å². The molecule has 1 aromatic heterocycles. The zero-order chi connectivity index (χ0) is 14.6. The molecule has 0 spiro atoms. The quantitative estimate of drug-likeness (QED) is 0.844. The first-order chi connectivity index (χ1) is 9.45. The third-order valence-corrected chi connectivity index (χ3v) is 6.20. The Hall–Kier alpha value is -0.660. The fourth-order valence-electron chi connectivity index (χ4n) is 2.70. The van der Waals surface area contributed by atoms with Crippen LogP contribution in [0.2, 0.25) is 0 Å². The van der Waals surface area contributed by atoms with Crippen molar-refractivity contribution in [1.82, 2.24) is 4.98 Å². The Morgan fingerprint density at radius 2 is 2.15 bits per heavy atom. The van der Waals surface area contributed by atoms with E-state index in [2.05, 4.69) is 17.2 Å². The molecule has 2 rings (SSSR count). The molecule has 0 aromatic carbocycles. The summed E-state index contributed by atoms with van der Waals surface area (Å²) in [5.41, 5.74) is 0. The molecule has 1 fully saturated rings. The molecule has 3 N–H and O–H groups in total. The van der Waals surface area contributed by atoms with Gasteiger partial charge in [-0.3, -0.25) is 0 Å². The molecule has 0 saturated heterocycles. The molecule has 0 amide bonds. The van der Waals surface area contributed by atoms with Gasteiger partial charge in [0.1, 0.15) is 0 Å². The number of nitrogens with two attached hydrogens (primary N) is 1. The van der Waals surface area contributed by atoms with E-state index < -0.39 is 10.0 Å². The Balaban J connectivity index is 1.79. The Labute approximate surface area is 125 Å². The molecule has 1 saturated carbocycles. The number of aromatic nitrogens is 1. The monoisotopic (exact) mass is 317 g/mol. The highest BCUT2D eigenvalue weighted by Crippen LogP contribution is 2.28. The highest BCUT2D eigenvalue weighted by atomic mass is 32.2. The highest BCUT2D eigenvalue weighted by molar-refractivity contribution is 7.91. The minimum Gasteiger partial charge on any atom is -0.359 e. The predicted octanol–water partition coefficient (Wildman–Crippen LogP) is 2.95. The average molecular weight is 317 g/mol. The number of hydrogen-bond acceptors (Lipinski definition) is 5. The lowest BCUT2D eigenvalue weighted by molar-refractivity contribution is 0.328. The van der Waals surface area contributed by atoms with Gasteiger partial charge in [0.15, 0.2) is 9.34 Å². The van der Waals surface area contributed by atoms with Crippen molar-refractivity contribution in [2.24, 2.45) is 11.1 Å². The van der Waals surface area contributed by atoms with Gasteiger partial charge in [0.05, 0.1) is 6.20 Å². The van der Waals surface area contributed by atoms with Crippen LogP contribution in [0.1, 0.15) is 51.9 Å². The Bertz CT molecular complexity index is 521. The smallest absolute Gasteiger partial charge is 0.249 e. The minimum atomic E-state index is -3.63. The van der Waals surface area contributed by atoms with Gasteiger partial charge in [-0.2, -0.15) is 0 Å². The third kappa shape index (κ3) is 4.71. The lowest BCUT2D eigenvalue weighted by Crippen LogP contribution is -2.17. The Morgan fingerprint density at radius 1 is 1.45 bits per heavy atom. The summed E-state index contributed by atoms with van der Waals surface area (Å²) < 4.78 is 22.5. The Kier molecular flexibility index (Phi) is 5.40. The second-order valence-electron chi connectivity index (χ2n) is 5.66.